The van der Waals surface area contributed by atoms with E-state index in [2.05, 4.69) is 0 Å². The van der Waals surface area contributed by atoms with E-state index in [-0.39, 0.29) is 29.2 Å². The number of esters is 2. The minimum Gasteiger partial charge on any atom is -0.508 e. The van der Waals surface area contributed by atoms with Gasteiger partial charge in [-0.05, 0) is 58.7 Å². The number of rotatable bonds is 6. The van der Waals surface area contributed by atoms with Crippen LogP contribution in [0.4, 0.5) is 0 Å². The van der Waals surface area contributed by atoms with E-state index in [0.29, 0.717) is 56.7 Å². The van der Waals surface area contributed by atoms with Crippen LogP contribution >= 0.6 is 0 Å². The highest BCUT2D eigenvalue weighted by molar-refractivity contribution is 6.13. The van der Waals surface area contributed by atoms with Crippen LogP contribution in [-0.4, -0.2) is 27.3 Å². The lowest BCUT2D eigenvalue weighted by atomic mass is 9.90. The Bertz CT molecular complexity index is 2090. The number of phenols is 3. The van der Waals surface area contributed by atoms with Crippen LogP contribution in [0.5, 0.6) is 28.7 Å². The van der Waals surface area contributed by atoms with Crippen molar-refractivity contribution in [3.8, 4) is 28.7 Å². The first kappa shape index (κ1) is 33.1. The summed E-state index contributed by atoms with van der Waals surface area (Å²) in [5.74, 6) is 0.651. The van der Waals surface area contributed by atoms with E-state index in [1.54, 1.807) is 18.2 Å². The Hall–Kier alpha value is -5.30. The van der Waals surface area contributed by atoms with E-state index in [1.807, 2.05) is 102 Å². The van der Waals surface area contributed by atoms with E-state index < -0.39 is 10.8 Å². The molecule has 6 aromatic carbocycles. The molecule has 0 unspecified atom stereocenters. The van der Waals surface area contributed by atoms with Gasteiger partial charge < -0.3 is 24.8 Å². The van der Waals surface area contributed by atoms with Crippen molar-refractivity contribution in [1.82, 2.24) is 0 Å². The van der Waals surface area contributed by atoms with Gasteiger partial charge in [-0.3, -0.25) is 9.59 Å². The molecule has 0 spiro atoms. The molecule has 6 aromatic rings. The third-order valence-corrected chi connectivity index (χ3v) is 9.05. The van der Waals surface area contributed by atoms with Crippen molar-refractivity contribution in [1.29, 1.82) is 0 Å². The van der Waals surface area contributed by atoms with Crippen LogP contribution in [0.1, 0.15) is 54.4 Å². The molecule has 7 nitrogen and oxygen atoms in total. The summed E-state index contributed by atoms with van der Waals surface area (Å²) in [4.78, 5) is 25.1. The average molecular weight is 633 g/mol. The van der Waals surface area contributed by atoms with Gasteiger partial charge in [0.05, 0.1) is 10.8 Å². The van der Waals surface area contributed by atoms with E-state index >= 15 is 0 Å². The number of benzene rings is 6. The first-order valence-corrected chi connectivity index (χ1v) is 15.7. The lowest BCUT2D eigenvalue weighted by Gasteiger charge is -2.22. The van der Waals surface area contributed by atoms with E-state index in [0.717, 1.165) is 10.8 Å². The molecule has 7 heteroatoms. The van der Waals surface area contributed by atoms with Gasteiger partial charge in [-0.2, -0.15) is 0 Å². The summed E-state index contributed by atoms with van der Waals surface area (Å²) >= 11 is 0. The van der Waals surface area contributed by atoms with E-state index in [4.69, 9.17) is 9.47 Å². The Balaban J connectivity index is 0.000000185. The maximum Gasteiger partial charge on any atom is 0.316 e. The Kier molecular flexibility index (Phi) is 9.03. The Morgan fingerprint density at radius 3 is 1.19 bits per heavy atom. The summed E-state index contributed by atoms with van der Waals surface area (Å²) in [5.41, 5.74) is -1.16. The molecule has 3 N–H and O–H groups in total. The molecule has 0 atom stereocenters. The molecule has 0 aromatic heterocycles. The quantitative estimate of drug-likeness (QED) is 0.0951. The molecule has 0 saturated carbocycles. The second kappa shape index (κ2) is 12.8. The highest BCUT2D eigenvalue weighted by Crippen LogP contribution is 2.44. The van der Waals surface area contributed by atoms with Crippen molar-refractivity contribution in [3.05, 3.63) is 91.0 Å². The van der Waals surface area contributed by atoms with Crippen LogP contribution < -0.4 is 9.47 Å². The molecule has 0 saturated heterocycles. The fraction of sp³-hybridized carbons (Fsp3) is 0.250. The van der Waals surface area contributed by atoms with Gasteiger partial charge in [0.25, 0.3) is 0 Å². The van der Waals surface area contributed by atoms with Gasteiger partial charge in [0.2, 0.25) is 0 Å². The average Bonchev–Trinajstić information content (AvgIpc) is 3.08. The maximum atomic E-state index is 12.6. The van der Waals surface area contributed by atoms with Crippen molar-refractivity contribution in [2.75, 3.05) is 0 Å². The number of phenolic OH excluding ortho intramolecular Hbond substituents is 3. The first-order chi connectivity index (χ1) is 22.3. The number of aromatic hydroxyl groups is 3. The van der Waals surface area contributed by atoms with Crippen LogP contribution in [0.15, 0.2) is 91.0 Å². The monoisotopic (exact) mass is 632 g/mol. The van der Waals surface area contributed by atoms with Crippen LogP contribution in [0.2, 0.25) is 0 Å². The number of hydrogen-bond acceptors (Lipinski definition) is 7. The molecule has 0 fully saturated rings. The molecule has 0 radical (unpaired) electrons. The molecule has 0 aliphatic heterocycles. The highest BCUT2D eigenvalue weighted by atomic mass is 16.5. The lowest BCUT2D eigenvalue weighted by molar-refractivity contribution is -0.144. The van der Waals surface area contributed by atoms with Gasteiger partial charge in [0.15, 0.2) is 0 Å². The fourth-order valence-corrected chi connectivity index (χ4v) is 5.14. The number of ether oxygens (including phenoxy) is 2. The summed E-state index contributed by atoms with van der Waals surface area (Å²) < 4.78 is 11.6. The predicted octanol–water partition coefficient (Wildman–Crippen LogP) is 9.79. The van der Waals surface area contributed by atoms with Crippen LogP contribution in [-0.2, 0) is 9.59 Å². The van der Waals surface area contributed by atoms with Gasteiger partial charge >= 0.3 is 11.9 Å². The number of carbonyl (C=O) groups is 2. The first-order valence-electron chi connectivity index (χ1n) is 15.7. The zero-order valence-electron chi connectivity index (χ0n) is 27.5. The molecule has 242 valence electrons. The topological polar surface area (TPSA) is 113 Å². The Labute approximate surface area is 274 Å². The van der Waals surface area contributed by atoms with Crippen molar-refractivity contribution in [3.63, 3.8) is 0 Å². The molecule has 0 aliphatic carbocycles. The third kappa shape index (κ3) is 6.26. The van der Waals surface area contributed by atoms with Crippen LogP contribution in [0, 0.1) is 10.8 Å². The van der Waals surface area contributed by atoms with Gasteiger partial charge in [0, 0.05) is 43.1 Å². The largest absolute Gasteiger partial charge is 0.508 e. The summed E-state index contributed by atoms with van der Waals surface area (Å²) in [5, 5.41) is 36.0. The zero-order valence-corrected chi connectivity index (χ0v) is 27.5. The summed E-state index contributed by atoms with van der Waals surface area (Å²) in [6.07, 6.45) is 1.35. The Morgan fingerprint density at radius 1 is 0.511 bits per heavy atom. The van der Waals surface area contributed by atoms with E-state index in [9.17, 15) is 24.9 Å². The summed E-state index contributed by atoms with van der Waals surface area (Å²) in [6, 6.07) is 26.7. The fourth-order valence-electron chi connectivity index (χ4n) is 5.14. The summed E-state index contributed by atoms with van der Waals surface area (Å²) in [7, 11) is 0. The van der Waals surface area contributed by atoms with Gasteiger partial charge in [-0.1, -0.05) is 86.6 Å². The molecule has 47 heavy (non-hydrogen) atoms. The van der Waals surface area contributed by atoms with Gasteiger partial charge in [-0.25, -0.2) is 0 Å². The third-order valence-electron chi connectivity index (χ3n) is 9.05. The van der Waals surface area contributed by atoms with Crippen molar-refractivity contribution in [2.24, 2.45) is 10.8 Å². The Morgan fingerprint density at radius 2 is 0.830 bits per heavy atom. The van der Waals surface area contributed by atoms with Gasteiger partial charge in [0.1, 0.15) is 28.7 Å². The second-order valence-electron chi connectivity index (χ2n) is 13.0. The number of hydrogen-bond donors (Lipinski definition) is 3. The molecular formula is C40H40O7. The molecular weight excluding hydrogens is 592 g/mol. The molecule has 0 bridgehead atoms. The standard InChI is InChI=1S/C20H20O4.C20H20O3/c1-4-20(2,3)19(23)24-18-14-8-6-5-7-13(14)17(22)16-11-12(21)9-10-15(16)18;1-4-20(2,3)19(22)23-18-15-11-7-5-9-13(15)17(21)14-10-6-8-12-16(14)18/h5-11,21-22H,4H2,1-3H3;5-12,21H,4H2,1-3H3. The number of carbonyl (C=O) groups excluding carboxylic acids is 2. The van der Waals surface area contributed by atoms with Gasteiger partial charge in [-0.15, -0.1) is 0 Å². The van der Waals surface area contributed by atoms with E-state index in [1.165, 1.54) is 12.1 Å². The molecule has 6 rings (SSSR count). The van der Waals surface area contributed by atoms with Crippen molar-refractivity contribution >= 4 is 55.0 Å². The highest BCUT2D eigenvalue weighted by Gasteiger charge is 2.30. The van der Waals surface area contributed by atoms with Crippen LogP contribution in [0.25, 0.3) is 43.1 Å². The second-order valence-corrected chi connectivity index (χ2v) is 13.0. The van der Waals surface area contributed by atoms with Crippen LogP contribution in [0.3, 0.4) is 0 Å². The molecule has 0 heterocycles. The predicted molar refractivity (Wildman–Crippen MR) is 187 cm³/mol. The van der Waals surface area contributed by atoms with Crippen molar-refractivity contribution < 1.29 is 34.4 Å². The minimum absolute atomic E-state index is 0.0410. The summed E-state index contributed by atoms with van der Waals surface area (Å²) in [6.45, 7) is 11.3. The zero-order chi connectivity index (χ0) is 34.1. The maximum absolute atomic E-state index is 12.6. The normalized spacial score (nSPS) is 11.8. The smallest absolute Gasteiger partial charge is 0.316 e. The number of fused-ring (bicyclic) bond motifs is 4. The van der Waals surface area contributed by atoms with Crippen molar-refractivity contribution in [2.45, 2.75) is 54.4 Å². The lowest BCUT2D eigenvalue weighted by Crippen LogP contribution is -2.28. The minimum atomic E-state index is -0.609. The SMILES string of the molecule is CCC(C)(C)C(=O)Oc1c2ccccc2c(O)c2cc(O)ccc12.CCC(C)(C)C(=O)Oc1c2ccccc2c(O)c2ccccc12. The molecule has 0 aliphatic rings. The molecule has 0 amide bonds.